The van der Waals surface area contributed by atoms with Crippen molar-refractivity contribution < 1.29 is 28.6 Å². The van der Waals surface area contributed by atoms with Crippen LogP contribution in [0.2, 0.25) is 0 Å². The van der Waals surface area contributed by atoms with Crippen molar-refractivity contribution in [2.75, 3.05) is 13.2 Å². The highest BCUT2D eigenvalue weighted by atomic mass is 16.6. The Morgan fingerprint density at radius 1 is 0.284 bits per heavy atom. The van der Waals surface area contributed by atoms with E-state index >= 15 is 0 Å². The zero-order valence-electron chi connectivity index (χ0n) is 49.4. The summed E-state index contributed by atoms with van der Waals surface area (Å²) in [4.78, 5) is 38.1. The van der Waals surface area contributed by atoms with Crippen LogP contribution in [0.4, 0.5) is 0 Å². The van der Waals surface area contributed by atoms with E-state index in [2.05, 4.69) is 75.5 Å². The minimum absolute atomic E-state index is 0.0967. The molecule has 0 fully saturated rings. The Kier molecular flexibility index (Phi) is 60.2. The number of esters is 3. The lowest BCUT2D eigenvalue weighted by atomic mass is 10.0. The summed E-state index contributed by atoms with van der Waals surface area (Å²) in [6.45, 7) is 6.49. The van der Waals surface area contributed by atoms with Crippen LogP contribution in [0.5, 0.6) is 0 Å². The first-order chi connectivity index (χ1) is 36.5. The van der Waals surface area contributed by atoms with E-state index in [4.69, 9.17) is 14.2 Å². The van der Waals surface area contributed by atoms with Gasteiger partial charge in [0, 0.05) is 19.3 Å². The van der Waals surface area contributed by atoms with Gasteiger partial charge in [-0.2, -0.15) is 0 Å². The molecule has 1 unspecified atom stereocenters. The second kappa shape index (κ2) is 62.6. The van der Waals surface area contributed by atoms with Gasteiger partial charge in [0.25, 0.3) is 0 Å². The van der Waals surface area contributed by atoms with Crippen LogP contribution in [0.1, 0.15) is 335 Å². The highest BCUT2D eigenvalue weighted by Gasteiger charge is 2.19. The molecular weight excluding hydrogens is 913 g/mol. The summed E-state index contributed by atoms with van der Waals surface area (Å²) in [5.74, 6) is -0.976. The van der Waals surface area contributed by atoms with Crippen molar-refractivity contribution >= 4 is 17.9 Å². The van der Waals surface area contributed by atoms with E-state index in [1.165, 1.54) is 212 Å². The predicted octanol–water partition coefficient (Wildman–Crippen LogP) is 21.9. The number of ether oxygens (including phenoxy) is 3. The molecule has 0 rings (SSSR count). The summed E-state index contributed by atoms with van der Waals surface area (Å²) < 4.78 is 16.8. The number of carbonyl (C=O) groups excluding carboxylic acids is 3. The fraction of sp³-hybridized carbons (Fsp3) is 0.809. The lowest BCUT2D eigenvalue weighted by Crippen LogP contribution is -2.30. The van der Waals surface area contributed by atoms with Gasteiger partial charge in [-0.1, -0.05) is 306 Å². The van der Waals surface area contributed by atoms with Gasteiger partial charge in [0.15, 0.2) is 6.10 Å². The minimum Gasteiger partial charge on any atom is -0.462 e. The first-order valence-electron chi connectivity index (χ1n) is 32.3. The molecule has 74 heavy (non-hydrogen) atoms. The van der Waals surface area contributed by atoms with Gasteiger partial charge < -0.3 is 14.2 Å². The third-order valence-corrected chi connectivity index (χ3v) is 14.3. The van der Waals surface area contributed by atoms with Crippen molar-refractivity contribution in [1.29, 1.82) is 0 Å². The minimum atomic E-state index is -0.806. The Morgan fingerprint density at radius 3 is 0.905 bits per heavy atom. The molecule has 0 aromatic rings. The number of rotatable bonds is 59. The number of carbonyl (C=O) groups is 3. The Balaban J connectivity index is 4.18. The SMILES string of the molecule is CC/C=C\C/C=C\C/C=C\C/C=C\CCC(=O)OCC(COC(=O)CCCCCCCCCCCCCCCCCCCCCCCCCCCCCCC)OC(=O)CCCCCCC/C=C\CCCCCCC. The summed E-state index contributed by atoms with van der Waals surface area (Å²) in [6.07, 6.45) is 79.9. The van der Waals surface area contributed by atoms with E-state index in [0.717, 1.165) is 77.0 Å². The monoisotopic (exact) mass is 1030 g/mol. The second-order valence-corrected chi connectivity index (χ2v) is 21.6. The van der Waals surface area contributed by atoms with Gasteiger partial charge in [0.1, 0.15) is 13.2 Å². The molecule has 0 N–H and O–H groups in total. The number of hydrogen-bond acceptors (Lipinski definition) is 6. The van der Waals surface area contributed by atoms with Gasteiger partial charge in [-0.15, -0.1) is 0 Å². The summed E-state index contributed by atoms with van der Waals surface area (Å²) in [5.41, 5.74) is 0. The lowest BCUT2D eigenvalue weighted by molar-refractivity contribution is -0.166. The van der Waals surface area contributed by atoms with E-state index in [1.54, 1.807) is 0 Å². The largest absolute Gasteiger partial charge is 0.462 e. The second-order valence-electron chi connectivity index (χ2n) is 21.6. The summed E-state index contributed by atoms with van der Waals surface area (Å²) >= 11 is 0. The molecule has 0 aliphatic carbocycles. The van der Waals surface area contributed by atoms with Gasteiger partial charge in [-0.3, -0.25) is 14.4 Å². The van der Waals surface area contributed by atoms with E-state index in [1.807, 2.05) is 6.08 Å². The average molecular weight is 1040 g/mol. The van der Waals surface area contributed by atoms with Gasteiger partial charge in [-0.25, -0.2) is 0 Å². The van der Waals surface area contributed by atoms with Gasteiger partial charge >= 0.3 is 17.9 Å². The van der Waals surface area contributed by atoms with Crippen LogP contribution in [0.3, 0.4) is 0 Å². The molecule has 0 spiro atoms. The molecule has 0 heterocycles. The van der Waals surface area contributed by atoms with Crippen molar-refractivity contribution in [3.05, 3.63) is 60.8 Å². The van der Waals surface area contributed by atoms with Crippen molar-refractivity contribution in [3.8, 4) is 0 Å². The molecule has 0 aromatic carbocycles. The third-order valence-electron chi connectivity index (χ3n) is 14.3. The van der Waals surface area contributed by atoms with E-state index in [-0.39, 0.29) is 37.5 Å². The molecule has 0 bridgehead atoms. The van der Waals surface area contributed by atoms with Crippen LogP contribution < -0.4 is 0 Å². The number of allylic oxidation sites excluding steroid dienone is 10. The standard InChI is InChI=1S/C68H122O6/c1-4-7-10-13-16-19-22-25-27-28-29-30-31-32-33-34-35-36-37-38-39-40-41-44-46-49-52-55-58-61-67(70)73-64-65(63-72-66(69)60-57-54-51-48-45-42-24-21-18-15-12-9-6-3)74-68(71)62-59-56-53-50-47-43-26-23-20-17-14-11-8-5-2/h9,12,18,21,23,26,42,45,51,54,65H,4-8,10-11,13-17,19-20,22,24-25,27-41,43-44,46-50,52-53,55-64H2,1-3H3/b12-9-,21-18-,26-23-,45-42-,54-51-. The van der Waals surface area contributed by atoms with Crippen LogP contribution in [0.15, 0.2) is 60.8 Å². The number of unbranched alkanes of at least 4 members (excludes halogenated alkanes) is 38. The highest BCUT2D eigenvalue weighted by Crippen LogP contribution is 2.18. The maximum atomic E-state index is 12.8. The molecule has 0 amide bonds. The average Bonchev–Trinajstić information content (AvgIpc) is 3.40. The zero-order valence-corrected chi connectivity index (χ0v) is 49.4. The first-order valence-corrected chi connectivity index (χ1v) is 32.3. The van der Waals surface area contributed by atoms with Crippen LogP contribution in [-0.4, -0.2) is 37.2 Å². The van der Waals surface area contributed by atoms with Crippen LogP contribution in [0, 0.1) is 0 Å². The first kappa shape index (κ1) is 71.1. The Morgan fingerprint density at radius 2 is 0.554 bits per heavy atom. The lowest BCUT2D eigenvalue weighted by Gasteiger charge is -2.18. The van der Waals surface area contributed by atoms with Gasteiger partial charge in [0.2, 0.25) is 0 Å². The Labute approximate surface area is 460 Å². The molecule has 0 saturated carbocycles. The number of hydrogen-bond donors (Lipinski definition) is 0. The maximum Gasteiger partial charge on any atom is 0.306 e. The zero-order chi connectivity index (χ0) is 53.6. The molecule has 0 aromatic heterocycles. The van der Waals surface area contributed by atoms with E-state index in [0.29, 0.717) is 19.3 Å². The fourth-order valence-corrected chi connectivity index (χ4v) is 9.45. The maximum absolute atomic E-state index is 12.8. The topological polar surface area (TPSA) is 78.9 Å². The van der Waals surface area contributed by atoms with Crippen molar-refractivity contribution in [2.45, 2.75) is 341 Å². The Hall–Kier alpha value is -2.89. The molecule has 0 saturated heterocycles. The smallest absolute Gasteiger partial charge is 0.306 e. The normalized spacial score (nSPS) is 12.4. The third kappa shape index (κ3) is 60.0. The molecule has 6 heteroatoms. The molecule has 6 nitrogen and oxygen atoms in total. The summed E-state index contributed by atoms with van der Waals surface area (Å²) in [5, 5.41) is 0. The highest BCUT2D eigenvalue weighted by molar-refractivity contribution is 5.71. The fourth-order valence-electron chi connectivity index (χ4n) is 9.45. The van der Waals surface area contributed by atoms with Gasteiger partial charge in [0.05, 0.1) is 0 Å². The van der Waals surface area contributed by atoms with Crippen molar-refractivity contribution in [2.24, 2.45) is 0 Å². The molecule has 0 aliphatic rings. The quantitative estimate of drug-likeness (QED) is 0.0261. The van der Waals surface area contributed by atoms with Crippen LogP contribution in [0.25, 0.3) is 0 Å². The van der Waals surface area contributed by atoms with Crippen molar-refractivity contribution in [1.82, 2.24) is 0 Å². The summed E-state index contributed by atoms with van der Waals surface area (Å²) in [7, 11) is 0. The van der Waals surface area contributed by atoms with E-state index in [9.17, 15) is 14.4 Å². The van der Waals surface area contributed by atoms with Crippen LogP contribution >= 0.6 is 0 Å². The van der Waals surface area contributed by atoms with Crippen LogP contribution in [-0.2, 0) is 28.6 Å². The van der Waals surface area contributed by atoms with Crippen molar-refractivity contribution in [3.63, 3.8) is 0 Å². The molecule has 0 radical (unpaired) electrons. The Bertz CT molecular complexity index is 1330. The summed E-state index contributed by atoms with van der Waals surface area (Å²) in [6, 6.07) is 0. The van der Waals surface area contributed by atoms with E-state index < -0.39 is 6.10 Å². The predicted molar refractivity (Wildman–Crippen MR) is 321 cm³/mol. The molecule has 1 atom stereocenters. The molecule has 0 aliphatic heterocycles. The van der Waals surface area contributed by atoms with Gasteiger partial charge in [-0.05, 0) is 70.6 Å². The molecule has 430 valence electrons. The molecular formula is C68H122O6.